The van der Waals surface area contributed by atoms with Gasteiger partial charge in [0.05, 0.1) is 6.10 Å². The molecule has 0 aromatic rings. The van der Waals surface area contributed by atoms with Gasteiger partial charge >= 0.3 is 0 Å². The van der Waals surface area contributed by atoms with Crippen LogP contribution in [0.15, 0.2) is 0 Å². The molecule has 0 saturated carbocycles. The summed E-state index contributed by atoms with van der Waals surface area (Å²) in [5, 5.41) is 0. The molecule has 0 amide bonds. The molecule has 1 rings (SSSR count). The van der Waals surface area contributed by atoms with E-state index in [4.69, 9.17) is 9.47 Å². The summed E-state index contributed by atoms with van der Waals surface area (Å²) in [6.07, 6.45) is 1.83. The Morgan fingerprint density at radius 3 is 2.65 bits per heavy atom. The fourth-order valence-electron chi connectivity index (χ4n) is 1.70. The molecule has 0 aromatic heterocycles. The molecule has 1 saturated heterocycles. The summed E-state index contributed by atoms with van der Waals surface area (Å²) < 4.78 is 10.9. The third-order valence-electron chi connectivity index (χ3n) is 3.05. The number of Topliss-reactive ketones (excluding diaryl/α,β-unsaturated/α-hetero) is 1. The van der Waals surface area contributed by atoms with Gasteiger partial charge in [-0.05, 0) is 20.3 Å². The summed E-state index contributed by atoms with van der Waals surface area (Å²) in [5.74, 6) is 0.164. The lowest BCUT2D eigenvalue weighted by Crippen LogP contribution is -2.55. The molecule has 17 heavy (non-hydrogen) atoms. The summed E-state index contributed by atoms with van der Waals surface area (Å²) in [6, 6.07) is 0.623. The molecule has 4 nitrogen and oxygen atoms in total. The number of hydrogen-bond donors (Lipinski definition) is 0. The highest BCUT2D eigenvalue weighted by atomic mass is 16.5. The average molecular weight is 243 g/mol. The van der Waals surface area contributed by atoms with Crippen LogP contribution in [0.1, 0.15) is 33.6 Å². The van der Waals surface area contributed by atoms with E-state index in [-0.39, 0.29) is 12.4 Å². The molecule has 0 N–H and O–H groups in total. The Hall–Kier alpha value is -0.450. The molecule has 0 aliphatic carbocycles. The minimum absolute atomic E-state index is 0.164. The molecule has 0 spiro atoms. The van der Waals surface area contributed by atoms with Gasteiger partial charge in [-0.3, -0.25) is 9.69 Å². The second-order valence-corrected chi connectivity index (χ2v) is 4.84. The van der Waals surface area contributed by atoms with Crippen LogP contribution in [-0.4, -0.2) is 55.7 Å². The van der Waals surface area contributed by atoms with Gasteiger partial charge in [0.25, 0.3) is 0 Å². The quantitative estimate of drug-likeness (QED) is 0.575. The second kappa shape index (κ2) is 7.80. The molecule has 100 valence electrons. The number of rotatable bonds is 9. The zero-order valence-corrected chi connectivity index (χ0v) is 11.3. The Labute approximate surface area is 104 Å². The van der Waals surface area contributed by atoms with Crippen molar-refractivity contribution in [2.75, 3.05) is 32.9 Å². The van der Waals surface area contributed by atoms with Crippen molar-refractivity contribution in [2.24, 2.45) is 0 Å². The average Bonchev–Trinajstić information content (AvgIpc) is 2.24. The molecule has 0 atom stereocenters. The van der Waals surface area contributed by atoms with E-state index < -0.39 is 0 Å². The molecule has 0 radical (unpaired) electrons. The van der Waals surface area contributed by atoms with Crippen molar-refractivity contribution in [3.8, 4) is 0 Å². The molecule has 1 aliphatic heterocycles. The third kappa shape index (κ3) is 5.61. The van der Waals surface area contributed by atoms with Crippen molar-refractivity contribution in [2.45, 2.75) is 45.8 Å². The largest absolute Gasteiger partial charge is 0.375 e. The zero-order valence-electron chi connectivity index (χ0n) is 11.3. The van der Waals surface area contributed by atoms with E-state index >= 15 is 0 Å². The van der Waals surface area contributed by atoms with Gasteiger partial charge in [-0.25, -0.2) is 0 Å². The fourth-order valence-corrected chi connectivity index (χ4v) is 1.70. The third-order valence-corrected chi connectivity index (χ3v) is 3.05. The van der Waals surface area contributed by atoms with E-state index in [1.807, 2.05) is 6.92 Å². The van der Waals surface area contributed by atoms with Crippen LogP contribution in [0.25, 0.3) is 0 Å². The van der Waals surface area contributed by atoms with Gasteiger partial charge in [0.1, 0.15) is 6.61 Å². The van der Waals surface area contributed by atoms with E-state index in [1.54, 1.807) is 0 Å². The van der Waals surface area contributed by atoms with E-state index in [0.717, 1.165) is 26.1 Å². The fraction of sp³-hybridized carbons (Fsp3) is 0.923. The van der Waals surface area contributed by atoms with Gasteiger partial charge in [0.15, 0.2) is 5.78 Å². The Morgan fingerprint density at radius 2 is 2.06 bits per heavy atom. The van der Waals surface area contributed by atoms with E-state index in [0.29, 0.717) is 25.2 Å². The lowest BCUT2D eigenvalue weighted by atomic mass is 10.1. The number of likely N-dealkylation sites (tertiary alicyclic amines) is 1. The van der Waals surface area contributed by atoms with Crippen LogP contribution in [0.2, 0.25) is 0 Å². The molecule has 4 heteroatoms. The monoisotopic (exact) mass is 243 g/mol. The minimum Gasteiger partial charge on any atom is -0.375 e. The van der Waals surface area contributed by atoms with Crippen LogP contribution in [-0.2, 0) is 14.3 Å². The highest BCUT2D eigenvalue weighted by molar-refractivity contribution is 5.79. The number of ketones is 1. The maximum atomic E-state index is 10.9. The highest BCUT2D eigenvalue weighted by Crippen LogP contribution is 2.14. The van der Waals surface area contributed by atoms with E-state index in [2.05, 4.69) is 18.7 Å². The SMILES string of the molecule is CCC(=O)COCCCOC1CN(C(C)C)C1. The van der Waals surface area contributed by atoms with Gasteiger partial charge in [0, 0.05) is 38.8 Å². The van der Waals surface area contributed by atoms with Crippen LogP contribution in [0.4, 0.5) is 0 Å². The van der Waals surface area contributed by atoms with E-state index in [9.17, 15) is 4.79 Å². The summed E-state index contributed by atoms with van der Waals surface area (Å²) in [7, 11) is 0. The molecule has 0 unspecified atom stereocenters. The predicted octanol–water partition coefficient (Wildman–Crippen LogP) is 1.48. The normalized spacial score (nSPS) is 17.4. The Bertz CT molecular complexity index is 225. The Balaban J connectivity index is 1.84. The van der Waals surface area contributed by atoms with Gasteiger partial charge in [-0.1, -0.05) is 6.92 Å². The van der Waals surface area contributed by atoms with Crippen molar-refractivity contribution in [3.63, 3.8) is 0 Å². The van der Waals surface area contributed by atoms with Gasteiger partial charge in [-0.15, -0.1) is 0 Å². The first-order chi connectivity index (χ1) is 8.13. The van der Waals surface area contributed by atoms with Crippen molar-refractivity contribution in [1.29, 1.82) is 0 Å². The molecule has 1 aliphatic rings. The van der Waals surface area contributed by atoms with Crippen LogP contribution in [0, 0.1) is 0 Å². The maximum Gasteiger partial charge on any atom is 0.158 e. The molecule has 0 aromatic carbocycles. The Kier molecular flexibility index (Phi) is 6.70. The molecular weight excluding hydrogens is 218 g/mol. The van der Waals surface area contributed by atoms with E-state index in [1.165, 1.54) is 0 Å². The number of carbonyl (C=O) groups excluding carboxylic acids is 1. The molecule has 0 bridgehead atoms. The zero-order chi connectivity index (χ0) is 12.7. The predicted molar refractivity (Wildman–Crippen MR) is 67.2 cm³/mol. The summed E-state index contributed by atoms with van der Waals surface area (Å²) in [6.45, 7) is 9.96. The summed E-state index contributed by atoms with van der Waals surface area (Å²) in [5.41, 5.74) is 0. The van der Waals surface area contributed by atoms with Crippen molar-refractivity contribution in [1.82, 2.24) is 4.90 Å². The van der Waals surface area contributed by atoms with Crippen LogP contribution in [0.3, 0.4) is 0 Å². The summed E-state index contributed by atoms with van der Waals surface area (Å²) >= 11 is 0. The van der Waals surface area contributed by atoms with Crippen LogP contribution < -0.4 is 0 Å². The number of hydrogen-bond acceptors (Lipinski definition) is 4. The molecule has 1 fully saturated rings. The lowest BCUT2D eigenvalue weighted by molar-refractivity contribution is -0.123. The smallest absolute Gasteiger partial charge is 0.158 e. The second-order valence-electron chi connectivity index (χ2n) is 4.84. The van der Waals surface area contributed by atoms with Crippen molar-refractivity contribution >= 4 is 5.78 Å². The maximum absolute atomic E-state index is 10.9. The molecule has 1 heterocycles. The standard InChI is InChI=1S/C13H25NO3/c1-4-12(15)10-16-6-5-7-17-13-8-14(9-13)11(2)3/h11,13H,4-10H2,1-3H3. The lowest BCUT2D eigenvalue weighted by Gasteiger charge is -2.41. The first kappa shape index (κ1) is 14.6. The minimum atomic E-state index is 0.164. The number of ether oxygens (including phenoxy) is 2. The highest BCUT2D eigenvalue weighted by Gasteiger charge is 2.28. The van der Waals surface area contributed by atoms with Gasteiger partial charge < -0.3 is 9.47 Å². The van der Waals surface area contributed by atoms with Gasteiger partial charge in [-0.2, -0.15) is 0 Å². The number of nitrogens with zero attached hydrogens (tertiary/aromatic N) is 1. The van der Waals surface area contributed by atoms with Crippen molar-refractivity contribution in [3.05, 3.63) is 0 Å². The van der Waals surface area contributed by atoms with Gasteiger partial charge in [0.2, 0.25) is 0 Å². The van der Waals surface area contributed by atoms with Crippen LogP contribution >= 0.6 is 0 Å². The summed E-state index contributed by atoms with van der Waals surface area (Å²) in [4.78, 5) is 13.3. The topological polar surface area (TPSA) is 38.8 Å². The van der Waals surface area contributed by atoms with Crippen LogP contribution in [0.5, 0.6) is 0 Å². The first-order valence-electron chi connectivity index (χ1n) is 6.58. The molecular formula is C13H25NO3. The van der Waals surface area contributed by atoms with Crippen molar-refractivity contribution < 1.29 is 14.3 Å². The Morgan fingerprint density at radius 1 is 1.35 bits per heavy atom. The number of carbonyl (C=O) groups is 1. The first-order valence-corrected chi connectivity index (χ1v) is 6.58.